The van der Waals surface area contributed by atoms with E-state index in [1.165, 1.54) is 29.8 Å². The molecule has 0 bridgehead atoms. The smallest absolute Gasteiger partial charge is 0.279 e. The van der Waals surface area contributed by atoms with Crippen molar-refractivity contribution in [1.29, 1.82) is 0 Å². The number of halogens is 2. The van der Waals surface area contributed by atoms with Crippen molar-refractivity contribution in [2.45, 2.75) is 6.42 Å². The SMILES string of the molecule is Nc1nccnc1C(=O)Nc1ncc(Cc2ccc(F)c(F)c2)s1. The highest BCUT2D eigenvalue weighted by molar-refractivity contribution is 7.15. The van der Waals surface area contributed by atoms with Gasteiger partial charge in [-0.3, -0.25) is 10.1 Å². The lowest BCUT2D eigenvalue weighted by atomic mass is 10.1. The fraction of sp³-hybridized carbons (Fsp3) is 0.0667. The lowest BCUT2D eigenvalue weighted by Gasteiger charge is -2.02. The molecule has 1 aromatic carbocycles. The number of thiazole rings is 1. The second-order valence-corrected chi connectivity index (χ2v) is 5.92. The van der Waals surface area contributed by atoms with Crippen LogP contribution in [0.5, 0.6) is 0 Å². The Morgan fingerprint density at radius 3 is 2.71 bits per heavy atom. The van der Waals surface area contributed by atoms with Gasteiger partial charge in [0.15, 0.2) is 28.3 Å². The number of benzene rings is 1. The van der Waals surface area contributed by atoms with Crippen LogP contribution < -0.4 is 11.1 Å². The monoisotopic (exact) mass is 347 g/mol. The number of hydrogen-bond donors (Lipinski definition) is 2. The van der Waals surface area contributed by atoms with Crippen molar-refractivity contribution < 1.29 is 13.6 Å². The van der Waals surface area contributed by atoms with Crippen LogP contribution in [0.4, 0.5) is 19.7 Å². The number of rotatable bonds is 4. The van der Waals surface area contributed by atoms with E-state index in [1.54, 1.807) is 6.20 Å². The summed E-state index contributed by atoms with van der Waals surface area (Å²) >= 11 is 1.22. The molecule has 3 N–H and O–H groups in total. The first-order chi connectivity index (χ1) is 11.5. The van der Waals surface area contributed by atoms with Gasteiger partial charge in [0.05, 0.1) is 0 Å². The standard InChI is InChI=1S/C15H11F2N5OS/c16-10-2-1-8(6-11(10)17)5-9-7-21-15(24-9)22-14(23)12-13(18)20-4-3-19-12/h1-4,6-7H,5H2,(H2,18,20)(H,21,22,23). The van der Waals surface area contributed by atoms with Crippen LogP contribution in [-0.2, 0) is 6.42 Å². The van der Waals surface area contributed by atoms with Gasteiger partial charge in [0, 0.05) is 29.9 Å². The lowest BCUT2D eigenvalue weighted by Crippen LogP contribution is -2.16. The van der Waals surface area contributed by atoms with Gasteiger partial charge in [-0.2, -0.15) is 0 Å². The summed E-state index contributed by atoms with van der Waals surface area (Å²) in [7, 11) is 0. The van der Waals surface area contributed by atoms with Crippen LogP contribution in [-0.4, -0.2) is 20.9 Å². The molecule has 0 aliphatic rings. The van der Waals surface area contributed by atoms with Gasteiger partial charge in [-0.1, -0.05) is 6.07 Å². The summed E-state index contributed by atoms with van der Waals surface area (Å²) < 4.78 is 26.1. The first-order valence-electron chi connectivity index (χ1n) is 6.79. The van der Waals surface area contributed by atoms with Gasteiger partial charge in [-0.05, 0) is 17.7 Å². The molecule has 0 aliphatic heterocycles. The summed E-state index contributed by atoms with van der Waals surface area (Å²) in [6.07, 6.45) is 4.68. The molecule has 2 aromatic heterocycles. The number of hydrogen-bond acceptors (Lipinski definition) is 6. The van der Waals surface area contributed by atoms with E-state index in [1.807, 2.05) is 0 Å². The number of carbonyl (C=O) groups excluding carboxylic acids is 1. The molecule has 0 atom stereocenters. The molecule has 2 heterocycles. The third-order valence-electron chi connectivity index (χ3n) is 3.08. The molecule has 0 aliphatic carbocycles. The normalized spacial score (nSPS) is 10.6. The van der Waals surface area contributed by atoms with Gasteiger partial charge in [0.2, 0.25) is 0 Å². The minimum Gasteiger partial charge on any atom is -0.382 e. The van der Waals surface area contributed by atoms with E-state index in [0.717, 1.165) is 17.0 Å². The average molecular weight is 347 g/mol. The molecule has 0 fully saturated rings. The van der Waals surface area contributed by atoms with Gasteiger partial charge in [-0.25, -0.2) is 23.7 Å². The van der Waals surface area contributed by atoms with Crippen LogP contribution in [0.3, 0.4) is 0 Å². The Labute approximate surface area is 139 Å². The fourth-order valence-electron chi connectivity index (χ4n) is 1.98. The predicted molar refractivity (Wildman–Crippen MR) is 85.7 cm³/mol. The van der Waals surface area contributed by atoms with Crippen molar-refractivity contribution in [2.75, 3.05) is 11.1 Å². The van der Waals surface area contributed by atoms with Gasteiger partial charge >= 0.3 is 0 Å². The third-order valence-corrected chi connectivity index (χ3v) is 3.99. The molecule has 1 amide bonds. The molecule has 0 saturated carbocycles. The molecule has 3 rings (SSSR count). The largest absolute Gasteiger partial charge is 0.382 e. The van der Waals surface area contributed by atoms with Gasteiger partial charge < -0.3 is 5.73 Å². The van der Waals surface area contributed by atoms with Crippen LogP contribution >= 0.6 is 11.3 Å². The summed E-state index contributed by atoms with van der Waals surface area (Å²) in [6.45, 7) is 0. The number of nitrogens with two attached hydrogens (primary N) is 1. The highest BCUT2D eigenvalue weighted by Gasteiger charge is 2.14. The topological polar surface area (TPSA) is 93.8 Å². The van der Waals surface area contributed by atoms with Crippen LogP contribution in [0.1, 0.15) is 20.9 Å². The van der Waals surface area contributed by atoms with Gasteiger partial charge in [0.1, 0.15) is 0 Å². The van der Waals surface area contributed by atoms with Crippen molar-refractivity contribution >= 4 is 28.2 Å². The highest BCUT2D eigenvalue weighted by atomic mass is 32.1. The van der Waals surface area contributed by atoms with Crippen LogP contribution in [0.25, 0.3) is 0 Å². The Kier molecular flexibility index (Phi) is 4.43. The molecule has 122 valence electrons. The van der Waals surface area contributed by atoms with Crippen molar-refractivity contribution in [3.05, 3.63) is 64.6 Å². The van der Waals surface area contributed by atoms with E-state index in [0.29, 0.717) is 17.1 Å². The second-order valence-electron chi connectivity index (χ2n) is 4.80. The first kappa shape index (κ1) is 15.9. The Morgan fingerprint density at radius 2 is 1.96 bits per heavy atom. The number of aromatic nitrogens is 3. The molecular formula is C15H11F2N5OS. The Morgan fingerprint density at radius 1 is 1.17 bits per heavy atom. The van der Waals surface area contributed by atoms with Crippen molar-refractivity contribution in [2.24, 2.45) is 0 Å². The molecular weight excluding hydrogens is 336 g/mol. The first-order valence-corrected chi connectivity index (χ1v) is 7.61. The maximum Gasteiger partial charge on any atom is 0.279 e. The quantitative estimate of drug-likeness (QED) is 0.757. The maximum absolute atomic E-state index is 13.2. The molecule has 0 spiro atoms. The van der Waals surface area contributed by atoms with Crippen LogP contribution in [0, 0.1) is 11.6 Å². The molecule has 0 radical (unpaired) electrons. The minimum absolute atomic E-state index is 0.00913. The van der Waals surface area contributed by atoms with E-state index in [2.05, 4.69) is 20.3 Å². The van der Waals surface area contributed by atoms with E-state index < -0.39 is 17.5 Å². The molecule has 0 unspecified atom stereocenters. The van der Waals surface area contributed by atoms with Crippen LogP contribution in [0.15, 0.2) is 36.8 Å². The van der Waals surface area contributed by atoms with E-state index in [-0.39, 0.29) is 11.5 Å². The zero-order valence-corrected chi connectivity index (χ0v) is 13.0. The lowest BCUT2D eigenvalue weighted by molar-refractivity contribution is 0.102. The van der Waals surface area contributed by atoms with Crippen LogP contribution in [0.2, 0.25) is 0 Å². The molecule has 9 heteroatoms. The molecule has 3 aromatic rings. The molecule has 24 heavy (non-hydrogen) atoms. The fourth-order valence-corrected chi connectivity index (χ4v) is 2.82. The van der Waals surface area contributed by atoms with Gasteiger partial charge in [-0.15, -0.1) is 11.3 Å². The third kappa shape index (κ3) is 3.51. The van der Waals surface area contributed by atoms with Crippen molar-refractivity contribution in [3.63, 3.8) is 0 Å². The summed E-state index contributed by atoms with van der Waals surface area (Å²) in [5.41, 5.74) is 6.21. The summed E-state index contributed by atoms with van der Waals surface area (Å²) in [5, 5.41) is 2.93. The number of anilines is 2. The van der Waals surface area contributed by atoms with Crippen molar-refractivity contribution in [3.8, 4) is 0 Å². The maximum atomic E-state index is 13.2. The van der Waals surface area contributed by atoms with E-state index in [4.69, 9.17) is 5.73 Å². The number of nitrogen functional groups attached to an aromatic ring is 1. The number of nitrogens with zero attached hydrogens (tertiary/aromatic N) is 3. The van der Waals surface area contributed by atoms with E-state index in [9.17, 15) is 13.6 Å². The summed E-state index contributed by atoms with van der Waals surface area (Å²) in [4.78, 5) is 24.6. The number of amides is 1. The highest BCUT2D eigenvalue weighted by Crippen LogP contribution is 2.22. The average Bonchev–Trinajstić information content (AvgIpc) is 2.98. The van der Waals surface area contributed by atoms with E-state index >= 15 is 0 Å². The number of nitrogens with one attached hydrogen (secondary N) is 1. The Balaban J connectivity index is 1.70. The molecule has 6 nitrogen and oxygen atoms in total. The molecule has 0 saturated heterocycles. The Bertz CT molecular complexity index is 899. The minimum atomic E-state index is -0.899. The number of carbonyl (C=O) groups is 1. The Hall–Kier alpha value is -2.94. The summed E-state index contributed by atoms with van der Waals surface area (Å²) in [5.74, 6) is -2.29. The van der Waals surface area contributed by atoms with Crippen molar-refractivity contribution in [1.82, 2.24) is 15.0 Å². The van der Waals surface area contributed by atoms with Gasteiger partial charge in [0.25, 0.3) is 5.91 Å². The predicted octanol–water partition coefficient (Wildman–Crippen LogP) is 2.64. The summed E-state index contributed by atoms with van der Waals surface area (Å²) in [6, 6.07) is 3.70. The zero-order chi connectivity index (χ0) is 17.1. The second kappa shape index (κ2) is 6.67. The zero-order valence-electron chi connectivity index (χ0n) is 12.2.